The summed E-state index contributed by atoms with van der Waals surface area (Å²) in [6.07, 6.45) is 1.23. The maximum absolute atomic E-state index is 11.3. The highest BCUT2D eigenvalue weighted by Gasteiger charge is 2.25. The fourth-order valence-electron chi connectivity index (χ4n) is 2.65. The molecule has 0 amide bonds. The number of carbonyl (C=O) groups is 1. The van der Waals surface area contributed by atoms with E-state index in [0.717, 1.165) is 6.26 Å². The Morgan fingerprint density at radius 3 is 2.22 bits per heavy atom. The van der Waals surface area contributed by atoms with Crippen molar-refractivity contribution in [3.8, 4) is 28.5 Å². The van der Waals surface area contributed by atoms with Crippen LogP contribution < -0.4 is 18.8 Å². The van der Waals surface area contributed by atoms with Gasteiger partial charge in [-0.15, -0.1) is 0 Å². The monoisotopic (exact) mass is 460 g/mol. The Kier molecular flexibility index (Phi) is 6.73. The van der Waals surface area contributed by atoms with Gasteiger partial charge in [-0.25, -0.2) is 0 Å². The molecular formula is C22H22NO8S-. The maximum Gasteiger partial charge on any atom is 0.306 e. The molecule has 0 spiro atoms. The molecule has 10 heteroatoms. The third-order valence-electron chi connectivity index (χ3n) is 4.61. The van der Waals surface area contributed by atoms with Gasteiger partial charge in [-0.1, -0.05) is 12.1 Å². The molecule has 1 aromatic heterocycles. The van der Waals surface area contributed by atoms with Gasteiger partial charge in [0.05, 0.1) is 12.2 Å². The van der Waals surface area contributed by atoms with Crippen LogP contribution in [0.1, 0.15) is 26.0 Å². The van der Waals surface area contributed by atoms with Crippen molar-refractivity contribution in [2.75, 3.05) is 6.26 Å². The van der Waals surface area contributed by atoms with Gasteiger partial charge in [-0.2, -0.15) is 8.42 Å². The topological polar surface area (TPSA) is 128 Å². The van der Waals surface area contributed by atoms with E-state index in [1.807, 2.05) is 0 Å². The van der Waals surface area contributed by atoms with Crippen LogP contribution in [-0.2, 0) is 21.5 Å². The van der Waals surface area contributed by atoms with Gasteiger partial charge in [0.15, 0.2) is 5.76 Å². The summed E-state index contributed by atoms with van der Waals surface area (Å²) in [6.45, 7) is 3.28. The number of nitrogens with zero attached hydrogens (tertiary/aromatic N) is 1. The van der Waals surface area contributed by atoms with Crippen molar-refractivity contribution in [3.63, 3.8) is 0 Å². The summed E-state index contributed by atoms with van der Waals surface area (Å²) in [6, 6.07) is 14.6. The predicted octanol–water partition coefficient (Wildman–Crippen LogP) is 2.56. The van der Waals surface area contributed by atoms with Crippen molar-refractivity contribution >= 4 is 16.1 Å². The second-order valence-electron chi connectivity index (χ2n) is 7.22. The molecule has 0 fully saturated rings. The first-order valence-corrected chi connectivity index (χ1v) is 11.5. The second kappa shape index (κ2) is 9.31. The molecule has 2 aromatic carbocycles. The molecule has 0 saturated heterocycles. The highest BCUT2D eigenvalue weighted by Crippen LogP contribution is 2.26. The summed E-state index contributed by atoms with van der Waals surface area (Å²) in [4.78, 5) is 11.3. The van der Waals surface area contributed by atoms with E-state index in [9.17, 15) is 18.3 Å². The van der Waals surface area contributed by atoms with Crippen LogP contribution in [0.4, 0.5) is 0 Å². The Labute approximate surface area is 185 Å². The van der Waals surface area contributed by atoms with Crippen molar-refractivity contribution in [2.24, 2.45) is 0 Å². The van der Waals surface area contributed by atoms with E-state index in [4.69, 9.17) is 18.2 Å². The molecule has 3 rings (SSSR count). The summed E-state index contributed by atoms with van der Waals surface area (Å²) in [5, 5.41) is 15.2. The molecule has 0 saturated carbocycles. The van der Waals surface area contributed by atoms with E-state index >= 15 is 0 Å². The van der Waals surface area contributed by atoms with Gasteiger partial charge >= 0.3 is 10.1 Å². The molecule has 170 valence electrons. The lowest BCUT2D eigenvalue weighted by Gasteiger charge is -2.30. The zero-order valence-corrected chi connectivity index (χ0v) is 18.5. The summed E-state index contributed by atoms with van der Waals surface area (Å²) in [5.74, 6) is 0.321. The average molecular weight is 460 g/mol. The molecule has 0 radical (unpaired) electrons. The quantitative estimate of drug-likeness (QED) is 0.419. The molecule has 0 bridgehead atoms. The van der Waals surface area contributed by atoms with Gasteiger partial charge in [0.2, 0.25) is 0 Å². The minimum absolute atomic E-state index is 0.119. The first-order valence-electron chi connectivity index (χ1n) is 9.67. The van der Waals surface area contributed by atoms with E-state index in [2.05, 4.69) is 5.16 Å². The molecule has 1 atom stereocenters. The number of carboxylic acids is 1. The van der Waals surface area contributed by atoms with Gasteiger partial charge in [0, 0.05) is 11.6 Å². The number of carbonyl (C=O) groups excluding carboxylic acids is 1. The molecule has 9 nitrogen and oxygen atoms in total. The van der Waals surface area contributed by atoms with Crippen LogP contribution in [-0.4, -0.2) is 31.4 Å². The van der Waals surface area contributed by atoms with Crippen LogP contribution in [0.2, 0.25) is 0 Å². The van der Waals surface area contributed by atoms with Gasteiger partial charge in [-0.05, 0) is 61.9 Å². The van der Waals surface area contributed by atoms with Crippen molar-refractivity contribution in [1.82, 2.24) is 5.16 Å². The van der Waals surface area contributed by atoms with E-state index < -0.39 is 21.7 Å². The van der Waals surface area contributed by atoms with E-state index in [1.54, 1.807) is 49.4 Å². The van der Waals surface area contributed by atoms with Gasteiger partial charge in [0.25, 0.3) is 0 Å². The number of aromatic nitrogens is 1. The molecular weight excluding hydrogens is 438 g/mol. The van der Waals surface area contributed by atoms with Crippen LogP contribution in [0.3, 0.4) is 0 Å². The zero-order valence-electron chi connectivity index (χ0n) is 17.7. The number of aliphatic carboxylic acids is 1. The van der Waals surface area contributed by atoms with Crippen LogP contribution in [0.25, 0.3) is 11.3 Å². The van der Waals surface area contributed by atoms with Gasteiger partial charge in [0.1, 0.15) is 35.2 Å². The molecule has 1 unspecified atom stereocenters. The molecule has 0 aliphatic heterocycles. The molecule has 0 aliphatic rings. The molecule has 1 heterocycles. The third-order valence-corrected chi connectivity index (χ3v) is 5.11. The minimum atomic E-state index is -3.59. The third kappa shape index (κ3) is 6.01. The molecule has 32 heavy (non-hydrogen) atoms. The molecule has 0 N–H and O–H groups in total. The summed E-state index contributed by atoms with van der Waals surface area (Å²) < 4.78 is 43.6. The first-order chi connectivity index (χ1) is 15.1. The number of carboxylic acid groups (broad SMARTS) is 1. The summed E-state index contributed by atoms with van der Waals surface area (Å²) in [5.41, 5.74) is -0.137. The van der Waals surface area contributed by atoms with E-state index in [-0.39, 0.29) is 18.8 Å². The average Bonchev–Trinajstić information content (AvgIpc) is 3.21. The number of benzene rings is 2. The number of ether oxygens (including phenoxy) is 2. The Hall–Kier alpha value is -3.53. The van der Waals surface area contributed by atoms with Crippen molar-refractivity contribution in [1.29, 1.82) is 0 Å². The Morgan fingerprint density at radius 1 is 1.06 bits per heavy atom. The lowest BCUT2D eigenvalue weighted by Crippen LogP contribution is -2.49. The maximum atomic E-state index is 11.3. The van der Waals surface area contributed by atoms with Crippen LogP contribution in [0, 0.1) is 0 Å². The van der Waals surface area contributed by atoms with Crippen LogP contribution >= 0.6 is 0 Å². The standard InChI is InChI=1S/C22H23NO8S/c1-4-22(2,21(24)25)29-17-11-9-16(10-12-17)28-14-19-13-20(23-30-19)15-5-7-18(8-6-15)31-32(3,26)27/h5-13H,4,14H2,1-3H3,(H,24,25)/p-1. The van der Waals surface area contributed by atoms with E-state index in [0.29, 0.717) is 28.5 Å². The van der Waals surface area contributed by atoms with Crippen LogP contribution in [0.15, 0.2) is 59.1 Å². The first kappa shape index (κ1) is 23.1. The fourth-order valence-corrected chi connectivity index (χ4v) is 3.11. The minimum Gasteiger partial charge on any atom is -0.546 e. The summed E-state index contributed by atoms with van der Waals surface area (Å²) in [7, 11) is -3.59. The van der Waals surface area contributed by atoms with Crippen molar-refractivity contribution in [3.05, 3.63) is 60.4 Å². The Balaban J connectivity index is 1.59. The SMILES string of the molecule is CCC(C)(Oc1ccc(OCc2cc(-c3ccc(OS(C)(=O)=O)cc3)no2)cc1)C(=O)[O-]. The second-order valence-corrected chi connectivity index (χ2v) is 8.80. The molecule has 0 aliphatic carbocycles. The largest absolute Gasteiger partial charge is 0.546 e. The van der Waals surface area contributed by atoms with Crippen LogP contribution in [0.5, 0.6) is 17.2 Å². The number of hydrogen-bond acceptors (Lipinski definition) is 9. The molecule has 3 aromatic rings. The highest BCUT2D eigenvalue weighted by molar-refractivity contribution is 7.86. The lowest BCUT2D eigenvalue weighted by atomic mass is 10.0. The number of hydrogen-bond donors (Lipinski definition) is 0. The zero-order chi connectivity index (χ0) is 23.4. The number of rotatable bonds is 10. The van der Waals surface area contributed by atoms with E-state index in [1.165, 1.54) is 19.1 Å². The van der Waals surface area contributed by atoms with Crippen molar-refractivity contribution in [2.45, 2.75) is 32.5 Å². The predicted molar refractivity (Wildman–Crippen MR) is 113 cm³/mol. The summed E-state index contributed by atoms with van der Waals surface area (Å²) >= 11 is 0. The smallest absolute Gasteiger partial charge is 0.306 e. The van der Waals surface area contributed by atoms with Crippen molar-refractivity contribution < 1.29 is 36.5 Å². The van der Waals surface area contributed by atoms with Gasteiger partial charge in [-0.3, -0.25) is 0 Å². The fraction of sp³-hybridized carbons (Fsp3) is 0.273. The Bertz CT molecular complexity index is 1170. The van der Waals surface area contributed by atoms with Gasteiger partial charge < -0.3 is 28.1 Å². The normalized spacial score (nSPS) is 13.2. The Morgan fingerprint density at radius 2 is 1.66 bits per heavy atom. The highest BCUT2D eigenvalue weighted by atomic mass is 32.2. The lowest BCUT2D eigenvalue weighted by molar-refractivity contribution is -0.321.